The molecule has 1 aromatic carbocycles. The maximum absolute atomic E-state index is 8.88. The standard InChI is InChI=1S/C12H8Cl2N4/c13-9-3-1-2-8(11(9)14)10-5-4-7(6-15)12(17-10)18-16/h1-5H,16H2,(H,17,18). The number of halogens is 2. The molecule has 0 aliphatic carbocycles. The fraction of sp³-hybridized carbons (Fsp3) is 0. The van der Waals surface area contributed by atoms with E-state index in [2.05, 4.69) is 10.4 Å². The third kappa shape index (κ3) is 2.24. The van der Waals surface area contributed by atoms with Crippen LogP contribution < -0.4 is 11.3 Å². The smallest absolute Gasteiger partial charge is 0.158 e. The molecule has 0 saturated heterocycles. The molecular formula is C12H8Cl2N4. The van der Waals surface area contributed by atoms with Crippen LogP contribution in [0.1, 0.15) is 5.56 Å². The van der Waals surface area contributed by atoms with Crippen LogP contribution in [-0.2, 0) is 0 Å². The van der Waals surface area contributed by atoms with Gasteiger partial charge in [0, 0.05) is 5.56 Å². The molecule has 2 rings (SSSR count). The minimum Gasteiger partial charge on any atom is -0.307 e. The van der Waals surface area contributed by atoms with Crippen molar-refractivity contribution in [3.8, 4) is 17.3 Å². The number of anilines is 1. The molecule has 0 bridgehead atoms. The average Bonchev–Trinajstić information content (AvgIpc) is 2.41. The second-order valence-electron chi connectivity index (χ2n) is 3.45. The van der Waals surface area contributed by atoms with Crippen LogP contribution in [0.15, 0.2) is 30.3 Å². The van der Waals surface area contributed by atoms with Gasteiger partial charge in [0.15, 0.2) is 5.82 Å². The van der Waals surface area contributed by atoms with Crippen LogP contribution in [0.25, 0.3) is 11.3 Å². The molecule has 90 valence electrons. The molecule has 0 spiro atoms. The highest BCUT2D eigenvalue weighted by Gasteiger charge is 2.10. The molecule has 0 aliphatic heterocycles. The van der Waals surface area contributed by atoms with Gasteiger partial charge in [0.25, 0.3) is 0 Å². The Kier molecular flexibility index (Phi) is 3.68. The Balaban J connectivity index is 2.59. The van der Waals surface area contributed by atoms with Crippen molar-refractivity contribution in [1.29, 1.82) is 5.26 Å². The first-order valence-electron chi connectivity index (χ1n) is 4.99. The van der Waals surface area contributed by atoms with E-state index in [9.17, 15) is 0 Å². The van der Waals surface area contributed by atoms with E-state index in [4.69, 9.17) is 34.3 Å². The molecule has 4 nitrogen and oxygen atoms in total. The minimum atomic E-state index is 0.297. The first-order chi connectivity index (χ1) is 8.67. The number of rotatable bonds is 2. The van der Waals surface area contributed by atoms with Gasteiger partial charge in [0.05, 0.1) is 21.3 Å². The Labute approximate surface area is 114 Å². The number of aromatic nitrogens is 1. The third-order valence-corrected chi connectivity index (χ3v) is 3.20. The van der Waals surface area contributed by atoms with Gasteiger partial charge >= 0.3 is 0 Å². The minimum absolute atomic E-state index is 0.297. The van der Waals surface area contributed by atoms with Crippen molar-refractivity contribution >= 4 is 29.0 Å². The van der Waals surface area contributed by atoms with Gasteiger partial charge < -0.3 is 5.43 Å². The normalized spacial score (nSPS) is 9.89. The topological polar surface area (TPSA) is 74.7 Å². The maximum atomic E-state index is 8.88. The molecular weight excluding hydrogens is 271 g/mol. The maximum Gasteiger partial charge on any atom is 0.158 e. The Morgan fingerprint density at radius 2 is 2.00 bits per heavy atom. The molecule has 18 heavy (non-hydrogen) atoms. The lowest BCUT2D eigenvalue weighted by Crippen LogP contribution is -2.10. The van der Waals surface area contributed by atoms with Crippen LogP contribution >= 0.6 is 23.2 Å². The molecule has 0 fully saturated rings. The number of benzene rings is 1. The second-order valence-corrected chi connectivity index (χ2v) is 4.24. The summed E-state index contributed by atoms with van der Waals surface area (Å²) in [4.78, 5) is 4.23. The van der Waals surface area contributed by atoms with Crippen LogP contribution in [0.3, 0.4) is 0 Å². The molecule has 3 N–H and O–H groups in total. The molecule has 0 amide bonds. The number of hydrazine groups is 1. The van der Waals surface area contributed by atoms with E-state index in [1.807, 2.05) is 6.07 Å². The number of nitrogen functional groups attached to an aromatic ring is 1. The summed E-state index contributed by atoms with van der Waals surface area (Å²) in [5.74, 6) is 5.62. The lowest BCUT2D eigenvalue weighted by Gasteiger charge is -2.08. The lowest BCUT2D eigenvalue weighted by atomic mass is 10.1. The van der Waals surface area contributed by atoms with E-state index < -0.39 is 0 Å². The zero-order valence-corrected chi connectivity index (χ0v) is 10.6. The molecule has 1 heterocycles. The van der Waals surface area contributed by atoms with Gasteiger partial charge in [-0.15, -0.1) is 0 Å². The monoisotopic (exact) mass is 278 g/mol. The van der Waals surface area contributed by atoms with Gasteiger partial charge in [-0.1, -0.05) is 35.3 Å². The Bertz CT molecular complexity index is 634. The molecule has 0 saturated carbocycles. The molecule has 0 atom stereocenters. The van der Waals surface area contributed by atoms with Gasteiger partial charge in [-0.05, 0) is 18.2 Å². The second kappa shape index (κ2) is 5.23. The van der Waals surface area contributed by atoms with Crippen LogP contribution in [0.2, 0.25) is 10.0 Å². The van der Waals surface area contributed by atoms with E-state index in [0.717, 1.165) is 0 Å². The fourth-order valence-corrected chi connectivity index (χ4v) is 1.91. The van der Waals surface area contributed by atoms with Gasteiger partial charge in [-0.3, -0.25) is 0 Å². The summed E-state index contributed by atoms with van der Waals surface area (Å²) in [6.07, 6.45) is 0. The van der Waals surface area contributed by atoms with E-state index in [-0.39, 0.29) is 0 Å². The molecule has 2 aromatic rings. The SMILES string of the molecule is N#Cc1ccc(-c2cccc(Cl)c2Cl)nc1NN. The Hall–Kier alpha value is -1.80. The number of nitriles is 1. The number of hydrogen-bond acceptors (Lipinski definition) is 4. The third-order valence-electron chi connectivity index (χ3n) is 2.38. The predicted octanol–water partition coefficient (Wildman–Crippen LogP) is 3.21. The average molecular weight is 279 g/mol. The van der Waals surface area contributed by atoms with Crippen LogP contribution in [0, 0.1) is 11.3 Å². The largest absolute Gasteiger partial charge is 0.307 e. The molecule has 0 unspecified atom stereocenters. The first-order valence-corrected chi connectivity index (χ1v) is 5.75. The summed E-state index contributed by atoms with van der Waals surface area (Å²) in [7, 11) is 0. The van der Waals surface area contributed by atoms with E-state index in [1.165, 1.54) is 0 Å². The summed E-state index contributed by atoms with van der Waals surface area (Å²) >= 11 is 12.1. The summed E-state index contributed by atoms with van der Waals surface area (Å²) in [5, 5.41) is 9.74. The van der Waals surface area contributed by atoms with Crippen LogP contribution in [0.5, 0.6) is 0 Å². The van der Waals surface area contributed by atoms with Crippen LogP contribution in [-0.4, -0.2) is 4.98 Å². The van der Waals surface area contributed by atoms with Crippen molar-refractivity contribution in [2.24, 2.45) is 5.84 Å². The molecule has 1 aromatic heterocycles. The highest BCUT2D eigenvalue weighted by molar-refractivity contribution is 6.43. The molecule has 0 aliphatic rings. The van der Waals surface area contributed by atoms with Gasteiger partial charge in [-0.2, -0.15) is 5.26 Å². The van der Waals surface area contributed by atoms with Crippen molar-refractivity contribution in [3.05, 3.63) is 45.9 Å². The number of nitrogens with one attached hydrogen (secondary N) is 1. The Morgan fingerprint density at radius 3 is 2.67 bits per heavy atom. The highest BCUT2D eigenvalue weighted by atomic mass is 35.5. The van der Waals surface area contributed by atoms with Crippen molar-refractivity contribution in [2.45, 2.75) is 0 Å². The van der Waals surface area contributed by atoms with Crippen LogP contribution in [0.4, 0.5) is 5.82 Å². The number of nitrogens with two attached hydrogens (primary N) is 1. The van der Waals surface area contributed by atoms with Crippen molar-refractivity contribution in [2.75, 3.05) is 5.43 Å². The Morgan fingerprint density at radius 1 is 1.22 bits per heavy atom. The van der Waals surface area contributed by atoms with Crippen molar-refractivity contribution in [1.82, 2.24) is 4.98 Å². The van der Waals surface area contributed by atoms with Gasteiger partial charge in [-0.25, -0.2) is 10.8 Å². The highest BCUT2D eigenvalue weighted by Crippen LogP contribution is 2.33. The predicted molar refractivity (Wildman–Crippen MR) is 72.2 cm³/mol. The first kappa shape index (κ1) is 12.7. The summed E-state index contributed by atoms with van der Waals surface area (Å²) in [6.45, 7) is 0. The summed E-state index contributed by atoms with van der Waals surface area (Å²) < 4.78 is 0. The number of nitrogens with zero attached hydrogens (tertiary/aromatic N) is 2. The van der Waals surface area contributed by atoms with Gasteiger partial charge in [0.2, 0.25) is 0 Å². The van der Waals surface area contributed by atoms with E-state index in [1.54, 1.807) is 30.3 Å². The number of hydrogen-bond donors (Lipinski definition) is 2. The summed E-state index contributed by atoms with van der Waals surface area (Å²) in [5.41, 5.74) is 4.02. The van der Waals surface area contributed by atoms with Crippen molar-refractivity contribution in [3.63, 3.8) is 0 Å². The lowest BCUT2D eigenvalue weighted by molar-refractivity contribution is 1.21. The molecule has 6 heteroatoms. The quantitative estimate of drug-likeness (QED) is 0.653. The fourth-order valence-electron chi connectivity index (χ4n) is 1.51. The zero-order chi connectivity index (χ0) is 13.1. The van der Waals surface area contributed by atoms with Crippen molar-refractivity contribution < 1.29 is 0 Å². The van der Waals surface area contributed by atoms with E-state index in [0.29, 0.717) is 32.7 Å². The number of pyridine rings is 1. The zero-order valence-electron chi connectivity index (χ0n) is 9.11. The van der Waals surface area contributed by atoms with E-state index >= 15 is 0 Å². The molecule has 0 radical (unpaired) electrons. The summed E-state index contributed by atoms with van der Waals surface area (Å²) in [6, 6.07) is 10.6. The van der Waals surface area contributed by atoms with Gasteiger partial charge in [0.1, 0.15) is 6.07 Å².